The molecule has 2 aliphatic heterocycles. The molecule has 5 heteroatoms. The molecule has 0 saturated heterocycles. The van der Waals surface area contributed by atoms with E-state index >= 15 is 0 Å². The number of amides is 1. The van der Waals surface area contributed by atoms with Crippen molar-refractivity contribution in [3.8, 4) is 11.5 Å². The molecule has 0 fully saturated rings. The van der Waals surface area contributed by atoms with E-state index in [1.54, 1.807) is 0 Å². The molecule has 4 rings (SSSR count). The lowest BCUT2D eigenvalue weighted by Gasteiger charge is -2.28. The number of carbonyl (C=O) groups is 1. The lowest BCUT2D eigenvalue weighted by atomic mass is 9.82. The SMILES string of the molecule is CC(C)(C)c1ccc2c(c1)CNCC2C(=O)NCc1ccc2c(c1)OCO2. The highest BCUT2D eigenvalue weighted by molar-refractivity contribution is 5.84. The number of carbonyl (C=O) groups excluding carboxylic acids is 1. The molecule has 0 bridgehead atoms. The highest BCUT2D eigenvalue weighted by Crippen LogP contribution is 2.33. The van der Waals surface area contributed by atoms with Crippen LogP contribution in [0.4, 0.5) is 0 Å². The number of ether oxygens (including phenoxy) is 2. The summed E-state index contributed by atoms with van der Waals surface area (Å²) in [7, 11) is 0. The molecule has 1 atom stereocenters. The first-order valence-corrected chi connectivity index (χ1v) is 9.42. The Morgan fingerprint density at radius 3 is 2.78 bits per heavy atom. The van der Waals surface area contributed by atoms with Gasteiger partial charge in [-0.15, -0.1) is 0 Å². The van der Waals surface area contributed by atoms with Gasteiger partial charge < -0.3 is 20.1 Å². The van der Waals surface area contributed by atoms with E-state index in [9.17, 15) is 4.79 Å². The monoisotopic (exact) mass is 366 g/mol. The fourth-order valence-corrected chi connectivity index (χ4v) is 3.62. The Morgan fingerprint density at radius 2 is 1.96 bits per heavy atom. The minimum Gasteiger partial charge on any atom is -0.454 e. The molecule has 5 nitrogen and oxygen atoms in total. The Hall–Kier alpha value is -2.53. The van der Waals surface area contributed by atoms with Gasteiger partial charge in [0.1, 0.15) is 0 Å². The zero-order valence-electron chi connectivity index (χ0n) is 16.1. The van der Waals surface area contributed by atoms with Gasteiger partial charge in [-0.1, -0.05) is 45.0 Å². The highest BCUT2D eigenvalue weighted by Gasteiger charge is 2.27. The summed E-state index contributed by atoms with van der Waals surface area (Å²) >= 11 is 0. The average molecular weight is 366 g/mol. The molecule has 2 aromatic rings. The van der Waals surface area contributed by atoms with Crippen LogP contribution in [0.2, 0.25) is 0 Å². The van der Waals surface area contributed by atoms with Crippen LogP contribution in [0.25, 0.3) is 0 Å². The predicted molar refractivity (Wildman–Crippen MR) is 104 cm³/mol. The largest absolute Gasteiger partial charge is 0.454 e. The molecule has 27 heavy (non-hydrogen) atoms. The van der Waals surface area contributed by atoms with Crippen LogP contribution in [0.5, 0.6) is 11.5 Å². The van der Waals surface area contributed by atoms with Gasteiger partial charge in [0.15, 0.2) is 11.5 Å². The van der Waals surface area contributed by atoms with Gasteiger partial charge in [0.05, 0.1) is 5.92 Å². The lowest BCUT2D eigenvalue weighted by molar-refractivity contribution is -0.122. The van der Waals surface area contributed by atoms with Crippen molar-refractivity contribution in [2.24, 2.45) is 0 Å². The van der Waals surface area contributed by atoms with E-state index in [2.05, 4.69) is 49.6 Å². The normalized spacial score (nSPS) is 18.1. The topological polar surface area (TPSA) is 59.6 Å². The van der Waals surface area contributed by atoms with Crippen LogP contribution in [0.15, 0.2) is 36.4 Å². The molecule has 2 heterocycles. The predicted octanol–water partition coefficient (Wildman–Crippen LogP) is 3.22. The molecule has 1 amide bonds. The minimum absolute atomic E-state index is 0.0459. The third-order valence-electron chi connectivity index (χ3n) is 5.27. The summed E-state index contributed by atoms with van der Waals surface area (Å²) in [4.78, 5) is 12.8. The van der Waals surface area contributed by atoms with Gasteiger partial charge in [-0.2, -0.15) is 0 Å². The van der Waals surface area contributed by atoms with Crippen molar-refractivity contribution in [2.75, 3.05) is 13.3 Å². The molecule has 0 aromatic heterocycles. The quantitative estimate of drug-likeness (QED) is 0.876. The number of rotatable bonds is 3. The fraction of sp³-hybridized carbons (Fsp3) is 0.409. The summed E-state index contributed by atoms with van der Waals surface area (Å²) in [5, 5.41) is 6.46. The van der Waals surface area contributed by atoms with Crippen molar-refractivity contribution in [3.05, 3.63) is 58.7 Å². The molecule has 2 aromatic carbocycles. The van der Waals surface area contributed by atoms with Crippen molar-refractivity contribution in [2.45, 2.75) is 45.2 Å². The second-order valence-corrected chi connectivity index (χ2v) is 8.25. The highest BCUT2D eigenvalue weighted by atomic mass is 16.7. The molecule has 2 aliphatic rings. The second kappa shape index (κ2) is 6.89. The molecule has 2 N–H and O–H groups in total. The summed E-state index contributed by atoms with van der Waals surface area (Å²) < 4.78 is 10.7. The van der Waals surface area contributed by atoms with Crippen LogP contribution in [0.3, 0.4) is 0 Å². The number of hydrogen-bond acceptors (Lipinski definition) is 4. The summed E-state index contributed by atoms with van der Waals surface area (Å²) in [6.07, 6.45) is 0. The van der Waals surface area contributed by atoms with Gasteiger partial charge in [0, 0.05) is 19.6 Å². The first-order valence-electron chi connectivity index (χ1n) is 9.42. The van der Waals surface area contributed by atoms with Crippen LogP contribution in [-0.2, 0) is 23.3 Å². The Balaban J connectivity index is 1.47. The lowest BCUT2D eigenvalue weighted by Crippen LogP contribution is -2.38. The van der Waals surface area contributed by atoms with E-state index in [1.807, 2.05) is 18.2 Å². The van der Waals surface area contributed by atoms with Crippen molar-refractivity contribution < 1.29 is 14.3 Å². The number of benzene rings is 2. The number of nitrogens with one attached hydrogen (secondary N) is 2. The van der Waals surface area contributed by atoms with Crippen LogP contribution >= 0.6 is 0 Å². The second-order valence-electron chi connectivity index (χ2n) is 8.25. The van der Waals surface area contributed by atoms with Gasteiger partial charge >= 0.3 is 0 Å². The molecule has 1 unspecified atom stereocenters. The minimum atomic E-state index is -0.170. The molecule has 0 spiro atoms. The summed E-state index contributed by atoms with van der Waals surface area (Å²) in [6.45, 7) is 8.83. The average Bonchev–Trinajstić information content (AvgIpc) is 3.12. The zero-order chi connectivity index (χ0) is 19.0. The molecular weight excluding hydrogens is 340 g/mol. The van der Waals surface area contributed by atoms with E-state index in [-0.39, 0.29) is 24.0 Å². The summed E-state index contributed by atoms with van der Waals surface area (Å²) in [6, 6.07) is 12.3. The van der Waals surface area contributed by atoms with Gasteiger partial charge in [-0.05, 0) is 39.8 Å². The smallest absolute Gasteiger partial charge is 0.231 e. The molecular formula is C22H26N2O3. The van der Waals surface area contributed by atoms with Crippen LogP contribution < -0.4 is 20.1 Å². The van der Waals surface area contributed by atoms with Gasteiger partial charge in [-0.3, -0.25) is 4.79 Å². The van der Waals surface area contributed by atoms with Gasteiger partial charge in [0.25, 0.3) is 0 Å². The van der Waals surface area contributed by atoms with Gasteiger partial charge in [0.2, 0.25) is 12.7 Å². The number of fused-ring (bicyclic) bond motifs is 2. The Morgan fingerprint density at radius 1 is 1.15 bits per heavy atom. The van der Waals surface area contributed by atoms with Crippen molar-refractivity contribution >= 4 is 5.91 Å². The van der Waals surface area contributed by atoms with E-state index in [0.29, 0.717) is 13.1 Å². The van der Waals surface area contributed by atoms with Crippen LogP contribution in [0.1, 0.15) is 48.9 Å². The Bertz CT molecular complexity index is 870. The van der Waals surface area contributed by atoms with Crippen LogP contribution in [0, 0.1) is 0 Å². The van der Waals surface area contributed by atoms with Crippen molar-refractivity contribution in [1.82, 2.24) is 10.6 Å². The van der Waals surface area contributed by atoms with Crippen molar-refractivity contribution in [1.29, 1.82) is 0 Å². The van der Waals surface area contributed by atoms with E-state index < -0.39 is 0 Å². The van der Waals surface area contributed by atoms with E-state index in [1.165, 1.54) is 11.1 Å². The first kappa shape index (κ1) is 17.9. The zero-order valence-corrected chi connectivity index (χ0v) is 16.1. The maximum atomic E-state index is 12.8. The first-order chi connectivity index (χ1) is 12.9. The fourth-order valence-electron chi connectivity index (χ4n) is 3.62. The molecule has 0 radical (unpaired) electrons. The maximum Gasteiger partial charge on any atom is 0.231 e. The van der Waals surface area contributed by atoms with E-state index in [4.69, 9.17) is 9.47 Å². The number of hydrogen-bond donors (Lipinski definition) is 2. The van der Waals surface area contributed by atoms with Crippen LogP contribution in [-0.4, -0.2) is 19.2 Å². The molecule has 142 valence electrons. The summed E-state index contributed by atoms with van der Waals surface area (Å²) in [5.41, 5.74) is 4.75. The molecule has 0 aliphatic carbocycles. The van der Waals surface area contributed by atoms with Gasteiger partial charge in [-0.25, -0.2) is 0 Å². The standard InChI is InChI=1S/C22H26N2O3/c1-22(2,3)16-5-6-17-15(9-16)11-23-12-18(17)21(25)24-10-14-4-7-19-20(8-14)27-13-26-19/h4-9,18,23H,10-13H2,1-3H3,(H,24,25). The Labute approximate surface area is 160 Å². The molecule has 0 saturated carbocycles. The van der Waals surface area contributed by atoms with Crippen molar-refractivity contribution in [3.63, 3.8) is 0 Å². The maximum absolute atomic E-state index is 12.8. The Kier molecular flexibility index (Phi) is 4.56. The van der Waals surface area contributed by atoms with E-state index in [0.717, 1.165) is 29.2 Å². The summed E-state index contributed by atoms with van der Waals surface area (Å²) in [5.74, 6) is 1.37. The third-order valence-corrected chi connectivity index (χ3v) is 5.27. The third kappa shape index (κ3) is 3.65.